The van der Waals surface area contributed by atoms with Crippen molar-refractivity contribution in [2.45, 2.75) is 45.3 Å². The molecule has 2 amide bonds. The lowest BCUT2D eigenvalue weighted by Gasteiger charge is -2.21. The Kier molecular flexibility index (Phi) is 10.2. The molecule has 8 heteroatoms. The Morgan fingerprint density at radius 3 is 2.38 bits per heavy atom. The molecule has 0 unspecified atom stereocenters. The van der Waals surface area contributed by atoms with Gasteiger partial charge in [-0.05, 0) is 73.9 Å². The minimum absolute atomic E-state index is 0.109. The number of carbonyl (C=O) groups excluding carboxylic acids is 2. The highest BCUT2D eigenvalue weighted by molar-refractivity contribution is 6.34. The summed E-state index contributed by atoms with van der Waals surface area (Å²) in [6.07, 6.45) is 0.537. The number of aryl methyl sites for hydroxylation is 1. The average molecular weight is 583 g/mol. The fourth-order valence-corrected chi connectivity index (χ4v) is 4.74. The fourth-order valence-electron chi connectivity index (χ4n) is 4.54. The van der Waals surface area contributed by atoms with Gasteiger partial charge in [-0.15, -0.1) is 0 Å². The first-order chi connectivity index (χ1) is 20.1. The Morgan fingerprint density at radius 1 is 1.00 bits per heavy atom. The van der Waals surface area contributed by atoms with E-state index < -0.39 is 6.04 Å². The Hall–Kier alpha value is -4.38. The molecule has 0 aliphatic carbocycles. The van der Waals surface area contributed by atoms with Crippen molar-refractivity contribution < 1.29 is 14.0 Å². The van der Waals surface area contributed by atoms with Crippen molar-refractivity contribution in [1.82, 2.24) is 15.5 Å². The Labute approximate surface area is 252 Å². The summed E-state index contributed by atoms with van der Waals surface area (Å²) >= 11 is 6.46. The summed E-state index contributed by atoms with van der Waals surface area (Å²) in [6.45, 7) is 4.73. The molecule has 1 heterocycles. The summed E-state index contributed by atoms with van der Waals surface area (Å²) in [7, 11) is 3.36. The summed E-state index contributed by atoms with van der Waals surface area (Å²) in [5.74, 6) is 0.904. The topological polar surface area (TPSA) is 98.4 Å². The number of hydrogen-bond donors (Lipinski definition) is 2. The van der Waals surface area contributed by atoms with Crippen LogP contribution in [-0.4, -0.2) is 36.9 Å². The highest BCUT2D eigenvalue weighted by Gasteiger charge is 2.21. The number of amides is 2. The van der Waals surface area contributed by atoms with E-state index in [0.29, 0.717) is 34.9 Å². The number of nitrogens with one attached hydrogen (secondary N) is 2. The lowest BCUT2D eigenvalue weighted by Crippen LogP contribution is -2.40. The van der Waals surface area contributed by atoms with Crippen LogP contribution in [0.4, 0.5) is 0 Å². The molecule has 2 N–H and O–H groups in total. The van der Waals surface area contributed by atoms with E-state index in [2.05, 4.69) is 54.8 Å². The van der Waals surface area contributed by atoms with Gasteiger partial charge in [-0.25, -0.2) is 0 Å². The average Bonchev–Trinajstić information content (AvgIpc) is 3.46. The van der Waals surface area contributed by atoms with Crippen molar-refractivity contribution in [3.63, 3.8) is 0 Å². The van der Waals surface area contributed by atoms with Crippen molar-refractivity contribution in [3.05, 3.63) is 117 Å². The van der Waals surface area contributed by atoms with E-state index in [4.69, 9.17) is 21.3 Å². The number of carbonyl (C=O) groups is 2. The normalized spacial score (nSPS) is 12.3. The molecule has 4 rings (SSSR count). The monoisotopic (exact) mass is 582 g/mol. The Bertz CT molecular complexity index is 1570. The molecule has 1 aromatic heterocycles. The van der Waals surface area contributed by atoms with Gasteiger partial charge in [0.1, 0.15) is 11.5 Å². The lowest BCUT2D eigenvalue weighted by molar-refractivity contribution is -0.129. The van der Waals surface area contributed by atoms with Gasteiger partial charge in [0.15, 0.2) is 0 Å². The zero-order chi connectivity index (χ0) is 30.2. The molecular weight excluding hydrogens is 548 g/mol. The van der Waals surface area contributed by atoms with Crippen LogP contribution >= 0.6 is 11.6 Å². The van der Waals surface area contributed by atoms with Gasteiger partial charge in [0, 0.05) is 38.2 Å². The largest absolute Gasteiger partial charge is 0.460 e. The molecule has 0 saturated carbocycles. The van der Waals surface area contributed by atoms with Gasteiger partial charge in [0.05, 0.1) is 28.8 Å². The van der Waals surface area contributed by atoms with E-state index >= 15 is 0 Å². The van der Waals surface area contributed by atoms with E-state index in [9.17, 15) is 9.59 Å². The van der Waals surface area contributed by atoms with Crippen LogP contribution in [-0.2, 0) is 17.8 Å². The third-order valence-corrected chi connectivity index (χ3v) is 7.47. The maximum absolute atomic E-state index is 13.4. The second-order valence-corrected chi connectivity index (χ2v) is 11.1. The van der Waals surface area contributed by atoms with Crippen LogP contribution < -0.4 is 10.6 Å². The molecule has 0 bridgehead atoms. The second kappa shape index (κ2) is 14.0. The van der Waals surface area contributed by atoms with Crippen LogP contribution in [0.2, 0.25) is 5.02 Å². The molecule has 0 fully saturated rings. The number of benzene rings is 3. The van der Waals surface area contributed by atoms with Crippen molar-refractivity contribution in [1.29, 1.82) is 5.26 Å². The van der Waals surface area contributed by atoms with Crippen LogP contribution in [0.25, 0.3) is 11.3 Å². The molecule has 7 nitrogen and oxygen atoms in total. The van der Waals surface area contributed by atoms with Crippen LogP contribution in [0.1, 0.15) is 57.8 Å². The predicted octanol–water partition coefficient (Wildman–Crippen LogP) is 6.45. The zero-order valence-electron chi connectivity index (χ0n) is 24.3. The summed E-state index contributed by atoms with van der Waals surface area (Å²) in [6, 6.07) is 26.3. The zero-order valence-corrected chi connectivity index (χ0v) is 25.0. The minimum atomic E-state index is -0.475. The molecular formula is C34H35ClN4O3. The van der Waals surface area contributed by atoms with Gasteiger partial charge in [-0.2, -0.15) is 5.26 Å². The molecule has 0 spiro atoms. The SMILES string of the molecule is Cc1ccc([C@@H](C)NCc2ccc(-c3ccc(Cl)c(C(=O)N[C@@H](CC(=O)N(C)C)Cc4ccc(C#N)cc4)c3)o2)cc1. The third kappa shape index (κ3) is 8.10. The third-order valence-electron chi connectivity index (χ3n) is 7.14. The van der Waals surface area contributed by atoms with E-state index in [-0.39, 0.29) is 24.3 Å². The van der Waals surface area contributed by atoms with Crippen LogP contribution in [0.5, 0.6) is 0 Å². The molecule has 216 valence electrons. The van der Waals surface area contributed by atoms with Crippen molar-refractivity contribution >= 4 is 23.4 Å². The second-order valence-electron chi connectivity index (χ2n) is 10.6. The molecule has 3 aromatic carbocycles. The van der Waals surface area contributed by atoms with Crippen molar-refractivity contribution in [2.75, 3.05) is 14.1 Å². The first-order valence-electron chi connectivity index (χ1n) is 13.8. The van der Waals surface area contributed by atoms with Crippen molar-refractivity contribution in [3.8, 4) is 17.4 Å². The first kappa shape index (κ1) is 30.6. The maximum Gasteiger partial charge on any atom is 0.253 e. The van der Waals surface area contributed by atoms with E-state index in [0.717, 1.165) is 16.9 Å². The van der Waals surface area contributed by atoms with E-state index in [1.54, 1.807) is 38.4 Å². The standard InChI is InChI=1S/C34H35ClN4O3/c1-22-5-11-26(12-6-22)23(2)37-21-29-14-16-32(42-29)27-13-15-31(35)30(18-27)34(41)38-28(19-33(40)39(3)4)17-24-7-9-25(20-36)10-8-24/h5-16,18,23,28,37H,17,19,21H2,1-4H3,(H,38,41)/t23-,28-/m1/s1. The number of hydrogen-bond acceptors (Lipinski definition) is 5. The van der Waals surface area contributed by atoms with Crippen LogP contribution in [0.15, 0.2) is 83.3 Å². The number of nitrogens with zero attached hydrogens (tertiary/aromatic N) is 2. The lowest BCUT2D eigenvalue weighted by atomic mass is 10.0. The summed E-state index contributed by atoms with van der Waals surface area (Å²) in [5.41, 5.74) is 4.88. The van der Waals surface area contributed by atoms with Crippen molar-refractivity contribution in [2.24, 2.45) is 0 Å². The first-order valence-corrected chi connectivity index (χ1v) is 14.2. The van der Waals surface area contributed by atoms with Gasteiger partial charge >= 0.3 is 0 Å². The van der Waals surface area contributed by atoms with Gasteiger partial charge in [-0.3, -0.25) is 9.59 Å². The molecule has 0 radical (unpaired) electrons. The summed E-state index contributed by atoms with van der Waals surface area (Å²) in [5, 5.41) is 15.9. The smallest absolute Gasteiger partial charge is 0.253 e. The number of rotatable bonds is 11. The summed E-state index contributed by atoms with van der Waals surface area (Å²) in [4.78, 5) is 27.5. The number of nitriles is 1. The quantitative estimate of drug-likeness (QED) is 0.212. The molecule has 4 aromatic rings. The summed E-state index contributed by atoms with van der Waals surface area (Å²) < 4.78 is 6.10. The number of halogens is 1. The minimum Gasteiger partial charge on any atom is -0.460 e. The van der Waals surface area contributed by atoms with Gasteiger partial charge in [0.25, 0.3) is 5.91 Å². The highest BCUT2D eigenvalue weighted by Crippen LogP contribution is 2.28. The van der Waals surface area contributed by atoms with Gasteiger partial charge < -0.3 is 20.0 Å². The number of furan rings is 1. The van der Waals surface area contributed by atoms with E-state index in [1.165, 1.54) is 16.0 Å². The van der Waals surface area contributed by atoms with Crippen LogP contribution in [0.3, 0.4) is 0 Å². The molecule has 2 atom stereocenters. The Morgan fingerprint density at radius 2 is 1.71 bits per heavy atom. The van der Waals surface area contributed by atoms with Gasteiger partial charge in [0.2, 0.25) is 5.91 Å². The predicted molar refractivity (Wildman–Crippen MR) is 165 cm³/mol. The molecule has 42 heavy (non-hydrogen) atoms. The van der Waals surface area contributed by atoms with Gasteiger partial charge in [-0.1, -0.05) is 53.6 Å². The maximum atomic E-state index is 13.4. The molecule has 0 aliphatic rings. The molecule has 0 saturated heterocycles. The molecule has 0 aliphatic heterocycles. The van der Waals surface area contributed by atoms with E-state index in [1.807, 2.05) is 30.3 Å². The Balaban J connectivity index is 1.46. The van der Waals surface area contributed by atoms with Crippen LogP contribution in [0, 0.1) is 18.3 Å². The fraction of sp³-hybridized carbons (Fsp3) is 0.265. The highest BCUT2D eigenvalue weighted by atomic mass is 35.5.